The third-order valence-electron chi connectivity index (χ3n) is 2.55. The van der Waals surface area contributed by atoms with E-state index in [0.717, 1.165) is 16.9 Å². The number of carbonyl (C=O) groups is 1. The van der Waals surface area contributed by atoms with Crippen LogP contribution in [0.25, 0.3) is 10.2 Å². The second-order valence-electron chi connectivity index (χ2n) is 3.85. The maximum absolute atomic E-state index is 10.7. The number of benzene rings is 1. The van der Waals surface area contributed by atoms with Gasteiger partial charge in [-0.3, -0.25) is 4.79 Å². The first kappa shape index (κ1) is 11.1. The van der Waals surface area contributed by atoms with Crippen molar-refractivity contribution in [1.82, 2.24) is 4.98 Å². The number of aromatic nitrogens is 1. The van der Waals surface area contributed by atoms with Crippen molar-refractivity contribution < 1.29 is 9.90 Å². The Morgan fingerprint density at radius 3 is 2.94 bits per heavy atom. The zero-order valence-corrected chi connectivity index (χ0v) is 9.83. The molecule has 1 heterocycles. The van der Waals surface area contributed by atoms with E-state index >= 15 is 0 Å². The highest BCUT2D eigenvalue weighted by molar-refractivity contribution is 7.18. The maximum Gasteiger partial charge on any atom is 0.306 e. The van der Waals surface area contributed by atoms with Gasteiger partial charge in [0.2, 0.25) is 0 Å². The summed E-state index contributed by atoms with van der Waals surface area (Å²) >= 11 is 1.65. The van der Waals surface area contributed by atoms with Gasteiger partial charge in [0.1, 0.15) is 0 Å². The molecule has 0 fully saturated rings. The van der Waals surface area contributed by atoms with Gasteiger partial charge in [0.15, 0.2) is 0 Å². The topological polar surface area (TPSA) is 50.2 Å². The van der Waals surface area contributed by atoms with Crippen LogP contribution in [-0.2, 0) is 11.2 Å². The van der Waals surface area contributed by atoms with Crippen molar-refractivity contribution in [3.8, 4) is 0 Å². The molecule has 0 spiro atoms. The number of carboxylic acids is 1. The van der Waals surface area contributed by atoms with Gasteiger partial charge in [-0.1, -0.05) is 19.1 Å². The van der Waals surface area contributed by atoms with Gasteiger partial charge < -0.3 is 5.11 Å². The molecule has 1 aromatic carbocycles. The van der Waals surface area contributed by atoms with Crippen molar-refractivity contribution in [2.45, 2.75) is 19.8 Å². The second-order valence-corrected chi connectivity index (χ2v) is 4.97. The molecule has 2 rings (SSSR count). The third-order valence-corrected chi connectivity index (χ3v) is 3.65. The molecular formula is C12H13NO2S. The summed E-state index contributed by atoms with van der Waals surface area (Å²) in [4.78, 5) is 15.1. The highest BCUT2D eigenvalue weighted by atomic mass is 32.1. The SMILES string of the molecule is CC(CCc1nc2ccccc2s1)C(=O)O. The van der Waals surface area contributed by atoms with Gasteiger partial charge in [0.25, 0.3) is 0 Å². The summed E-state index contributed by atoms with van der Waals surface area (Å²) in [7, 11) is 0. The van der Waals surface area contributed by atoms with Gasteiger partial charge >= 0.3 is 5.97 Å². The lowest BCUT2D eigenvalue weighted by atomic mass is 10.1. The lowest BCUT2D eigenvalue weighted by molar-refractivity contribution is -0.141. The fraction of sp³-hybridized carbons (Fsp3) is 0.333. The fourth-order valence-corrected chi connectivity index (χ4v) is 2.47. The van der Waals surface area contributed by atoms with Gasteiger partial charge in [-0.15, -0.1) is 11.3 Å². The Balaban J connectivity index is 2.07. The zero-order chi connectivity index (χ0) is 11.5. The number of rotatable bonds is 4. The summed E-state index contributed by atoms with van der Waals surface area (Å²) in [5.74, 6) is -1.03. The zero-order valence-electron chi connectivity index (χ0n) is 9.01. The number of nitrogens with zero attached hydrogens (tertiary/aromatic N) is 1. The molecule has 16 heavy (non-hydrogen) atoms. The number of thiazole rings is 1. The van der Waals surface area contributed by atoms with Crippen LogP contribution in [0.3, 0.4) is 0 Å². The predicted molar refractivity (Wildman–Crippen MR) is 64.7 cm³/mol. The molecule has 1 unspecified atom stereocenters. The van der Waals surface area contributed by atoms with Gasteiger partial charge in [0.05, 0.1) is 21.1 Å². The van der Waals surface area contributed by atoms with Crippen LogP contribution in [0.4, 0.5) is 0 Å². The van der Waals surface area contributed by atoms with E-state index in [-0.39, 0.29) is 5.92 Å². The van der Waals surface area contributed by atoms with Crippen molar-refractivity contribution in [3.63, 3.8) is 0 Å². The molecule has 4 heteroatoms. The van der Waals surface area contributed by atoms with Gasteiger partial charge in [-0.2, -0.15) is 0 Å². The van der Waals surface area contributed by atoms with Crippen molar-refractivity contribution in [2.75, 3.05) is 0 Å². The van der Waals surface area contributed by atoms with Crippen molar-refractivity contribution >= 4 is 27.5 Å². The minimum absolute atomic E-state index is 0.299. The largest absolute Gasteiger partial charge is 0.481 e. The fourth-order valence-electron chi connectivity index (χ4n) is 1.49. The number of fused-ring (bicyclic) bond motifs is 1. The van der Waals surface area contributed by atoms with E-state index in [2.05, 4.69) is 4.98 Å². The first-order valence-electron chi connectivity index (χ1n) is 5.24. The minimum atomic E-state index is -0.735. The van der Waals surface area contributed by atoms with Crippen molar-refractivity contribution in [1.29, 1.82) is 0 Å². The van der Waals surface area contributed by atoms with Crippen molar-refractivity contribution in [2.24, 2.45) is 5.92 Å². The van der Waals surface area contributed by atoms with Crippen LogP contribution in [0.5, 0.6) is 0 Å². The van der Waals surface area contributed by atoms with Crippen LogP contribution >= 0.6 is 11.3 Å². The highest BCUT2D eigenvalue weighted by Gasteiger charge is 2.12. The highest BCUT2D eigenvalue weighted by Crippen LogP contribution is 2.23. The molecule has 0 aliphatic rings. The Bertz CT molecular complexity index is 473. The van der Waals surface area contributed by atoms with E-state index in [1.807, 2.05) is 24.3 Å². The van der Waals surface area contributed by atoms with E-state index in [9.17, 15) is 4.79 Å². The number of carboxylic acid groups (broad SMARTS) is 1. The summed E-state index contributed by atoms with van der Waals surface area (Å²) in [6.45, 7) is 1.73. The molecule has 2 aromatic rings. The molecule has 1 atom stereocenters. The standard InChI is InChI=1S/C12H13NO2S/c1-8(12(14)15)6-7-11-13-9-4-2-3-5-10(9)16-11/h2-5,8H,6-7H2,1H3,(H,14,15). The molecule has 3 nitrogen and oxygen atoms in total. The van der Waals surface area contributed by atoms with Gasteiger partial charge in [-0.05, 0) is 18.6 Å². The molecule has 0 aliphatic heterocycles. The molecule has 0 amide bonds. The molecule has 1 N–H and O–H groups in total. The molecule has 84 valence electrons. The van der Waals surface area contributed by atoms with Crippen LogP contribution in [-0.4, -0.2) is 16.1 Å². The summed E-state index contributed by atoms with van der Waals surface area (Å²) in [5.41, 5.74) is 1.01. The summed E-state index contributed by atoms with van der Waals surface area (Å²) in [5, 5.41) is 9.81. The predicted octanol–water partition coefficient (Wildman–Crippen LogP) is 2.95. The molecule has 0 saturated heterocycles. The quantitative estimate of drug-likeness (QED) is 0.886. The van der Waals surface area contributed by atoms with Gasteiger partial charge in [0, 0.05) is 6.42 Å². The Labute approximate surface area is 97.8 Å². The lowest BCUT2D eigenvalue weighted by Gasteiger charge is -2.02. The number of aryl methyl sites for hydroxylation is 1. The smallest absolute Gasteiger partial charge is 0.306 e. The van der Waals surface area contributed by atoms with Crippen LogP contribution in [0, 0.1) is 5.92 Å². The summed E-state index contributed by atoms with van der Waals surface area (Å²) in [6.07, 6.45) is 1.39. The first-order valence-corrected chi connectivity index (χ1v) is 6.05. The monoisotopic (exact) mass is 235 g/mol. The van der Waals surface area contributed by atoms with Crippen LogP contribution in [0.15, 0.2) is 24.3 Å². The number of hydrogen-bond acceptors (Lipinski definition) is 3. The van der Waals surface area contributed by atoms with E-state index in [0.29, 0.717) is 6.42 Å². The van der Waals surface area contributed by atoms with E-state index < -0.39 is 5.97 Å². The number of aliphatic carboxylic acids is 1. The molecule has 0 saturated carbocycles. The molecule has 0 radical (unpaired) electrons. The maximum atomic E-state index is 10.7. The lowest BCUT2D eigenvalue weighted by Crippen LogP contribution is -2.10. The number of hydrogen-bond donors (Lipinski definition) is 1. The minimum Gasteiger partial charge on any atom is -0.481 e. The van der Waals surface area contributed by atoms with E-state index in [4.69, 9.17) is 5.11 Å². The number of para-hydroxylation sites is 1. The van der Waals surface area contributed by atoms with E-state index in [1.165, 1.54) is 4.70 Å². The first-order chi connectivity index (χ1) is 7.66. The Morgan fingerprint density at radius 2 is 2.25 bits per heavy atom. The van der Waals surface area contributed by atoms with Crippen LogP contribution < -0.4 is 0 Å². The third kappa shape index (κ3) is 2.39. The molecule has 0 aliphatic carbocycles. The summed E-state index contributed by atoms with van der Waals surface area (Å²) < 4.78 is 1.17. The normalized spacial score (nSPS) is 12.8. The summed E-state index contributed by atoms with van der Waals surface area (Å²) in [6, 6.07) is 7.98. The second kappa shape index (κ2) is 4.61. The van der Waals surface area contributed by atoms with Crippen LogP contribution in [0.2, 0.25) is 0 Å². The van der Waals surface area contributed by atoms with Crippen LogP contribution in [0.1, 0.15) is 18.4 Å². The Morgan fingerprint density at radius 1 is 1.50 bits per heavy atom. The molecule has 0 bridgehead atoms. The van der Waals surface area contributed by atoms with Crippen molar-refractivity contribution in [3.05, 3.63) is 29.3 Å². The molecule has 1 aromatic heterocycles. The van der Waals surface area contributed by atoms with E-state index in [1.54, 1.807) is 18.3 Å². The average molecular weight is 235 g/mol. The Hall–Kier alpha value is -1.42. The Kier molecular flexibility index (Phi) is 3.19. The van der Waals surface area contributed by atoms with Gasteiger partial charge in [-0.25, -0.2) is 4.98 Å². The average Bonchev–Trinajstić information content (AvgIpc) is 2.68. The molecular weight excluding hydrogens is 222 g/mol.